The number of tetrazole rings is 1. The molecule has 232 valence electrons. The fourth-order valence-corrected chi connectivity index (χ4v) is 4.83. The first kappa shape index (κ1) is 31.2. The zero-order valence-electron chi connectivity index (χ0n) is 22.4. The van der Waals surface area contributed by atoms with Gasteiger partial charge in [-0.05, 0) is 64.4 Å². The van der Waals surface area contributed by atoms with Crippen LogP contribution in [0.15, 0.2) is 84.9 Å². The number of H-pyrrole nitrogens is 1. The normalized spacial score (nSPS) is 13.4. The molecule has 0 aliphatic carbocycles. The van der Waals surface area contributed by atoms with Crippen molar-refractivity contribution < 1.29 is 44.3 Å². The molecule has 0 spiro atoms. The number of hydrogen-bond donors (Lipinski definition) is 2. The Hall–Kier alpha value is -5.21. The summed E-state index contributed by atoms with van der Waals surface area (Å²) in [6, 6.07) is 13.8. The van der Waals surface area contributed by atoms with Crippen molar-refractivity contribution in [2.45, 2.75) is 24.3 Å². The molecule has 45 heavy (non-hydrogen) atoms. The average Bonchev–Trinajstić information content (AvgIpc) is 3.52. The molecule has 1 atom stereocenters. The van der Waals surface area contributed by atoms with E-state index in [1.54, 1.807) is 0 Å². The number of nitrogens with zero attached hydrogens (tertiary/aromatic N) is 3. The third kappa shape index (κ3) is 6.51. The Morgan fingerprint density at radius 3 is 1.96 bits per heavy atom. The van der Waals surface area contributed by atoms with Crippen LogP contribution >= 0.6 is 0 Å². The van der Waals surface area contributed by atoms with Crippen molar-refractivity contribution in [3.63, 3.8) is 0 Å². The van der Waals surface area contributed by atoms with Gasteiger partial charge in [-0.2, -0.15) is 31.6 Å². The highest BCUT2D eigenvalue weighted by Gasteiger charge is 2.42. The number of nitrogens with one attached hydrogen (secondary N) is 2. The van der Waals surface area contributed by atoms with Crippen LogP contribution in [0.1, 0.15) is 38.2 Å². The Balaban J connectivity index is 1.72. The molecule has 6 nitrogen and oxygen atoms in total. The minimum atomic E-state index is -5.19. The molecule has 0 radical (unpaired) electrons. The van der Waals surface area contributed by atoms with Crippen molar-refractivity contribution in [1.29, 1.82) is 0 Å². The lowest BCUT2D eigenvalue weighted by Gasteiger charge is -2.37. The van der Waals surface area contributed by atoms with Gasteiger partial charge in [0, 0.05) is 17.5 Å². The molecule has 0 bridgehead atoms. The van der Waals surface area contributed by atoms with E-state index < -0.39 is 64.4 Å². The maximum atomic E-state index is 14.6. The lowest BCUT2D eigenvalue weighted by molar-refractivity contribution is -0.140. The molecule has 0 aliphatic heterocycles. The Kier molecular flexibility index (Phi) is 8.12. The van der Waals surface area contributed by atoms with Gasteiger partial charge >= 0.3 is 12.4 Å². The Morgan fingerprint density at radius 1 is 0.733 bits per heavy atom. The third-order valence-electron chi connectivity index (χ3n) is 6.97. The van der Waals surface area contributed by atoms with Gasteiger partial charge in [0.1, 0.15) is 17.5 Å². The Bertz CT molecular complexity index is 1840. The predicted octanol–water partition coefficient (Wildman–Crippen LogP) is 7.24. The first-order valence-electron chi connectivity index (χ1n) is 12.8. The molecular formula is C30H18F9N5O. The molecule has 4 aromatic carbocycles. The topological polar surface area (TPSA) is 83.6 Å². The summed E-state index contributed by atoms with van der Waals surface area (Å²) in [4.78, 5) is 13.6. The smallest absolute Gasteiger partial charge is 0.338 e. The first-order valence-corrected chi connectivity index (χ1v) is 12.8. The second-order valence-electron chi connectivity index (χ2n) is 9.86. The number of rotatable bonds is 7. The number of carbonyl (C=O) groups is 1. The minimum absolute atomic E-state index is 0.129. The molecule has 1 aromatic heterocycles. The summed E-state index contributed by atoms with van der Waals surface area (Å²) >= 11 is 0. The van der Waals surface area contributed by atoms with Crippen LogP contribution in [0.3, 0.4) is 0 Å². The number of aromatic nitrogens is 4. The van der Waals surface area contributed by atoms with E-state index in [-0.39, 0.29) is 23.0 Å². The van der Waals surface area contributed by atoms with Crippen LogP contribution in [-0.2, 0) is 24.3 Å². The van der Waals surface area contributed by atoms with Gasteiger partial charge in [-0.25, -0.2) is 13.2 Å². The van der Waals surface area contributed by atoms with Gasteiger partial charge in [-0.15, -0.1) is 10.2 Å². The fourth-order valence-electron chi connectivity index (χ4n) is 4.83. The lowest BCUT2D eigenvalue weighted by Crippen LogP contribution is -2.49. The second-order valence-corrected chi connectivity index (χ2v) is 9.86. The van der Waals surface area contributed by atoms with Crippen LogP contribution in [-0.4, -0.2) is 26.5 Å². The number of carbonyl (C=O) groups excluding carboxylic acids is 1. The predicted molar refractivity (Wildman–Crippen MR) is 141 cm³/mol. The van der Waals surface area contributed by atoms with E-state index in [9.17, 15) is 44.3 Å². The molecule has 1 amide bonds. The van der Waals surface area contributed by atoms with Gasteiger partial charge in [-0.1, -0.05) is 42.5 Å². The van der Waals surface area contributed by atoms with Crippen molar-refractivity contribution in [1.82, 2.24) is 25.9 Å². The molecule has 2 N–H and O–H groups in total. The van der Waals surface area contributed by atoms with Gasteiger partial charge in [0.15, 0.2) is 0 Å². The molecule has 0 unspecified atom stereocenters. The zero-order valence-corrected chi connectivity index (χ0v) is 22.4. The maximum Gasteiger partial charge on any atom is 0.419 e. The first-order chi connectivity index (χ1) is 21.2. The number of halogens is 9. The molecule has 0 aliphatic rings. The molecule has 5 rings (SSSR count). The van der Waals surface area contributed by atoms with Crippen molar-refractivity contribution >= 4 is 5.91 Å². The number of amides is 1. The van der Waals surface area contributed by atoms with Gasteiger partial charge in [-0.3, -0.25) is 4.79 Å². The van der Waals surface area contributed by atoms with Crippen LogP contribution in [0, 0.1) is 17.5 Å². The second kappa shape index (κ2) is 11.7. The van der Waals surface area contributed by atoms with Gasteiger partial charge in [0.05, 0.1) is 16.7 Å². The lowest BCUT2D eigenvalue weighted by atomic mass is 9.77. The van der Waals surface area contributed by atoms with E-state index in [1.165, 1.54) is 36.4 Å². The van der Waals surface area contributed by atoms with Crippen LogP contribution in [0.4, 0.5) is 39.5 Å². The Labute approximate surface area is 247 Å². The number of aromatic amines is 1. The van der Waals surface area contributed by atoms with Gasteiger partial charge in [0.2, 0.25) is 5.82 Å². The zero-order chi connectivity index (χ0) is 32.6. The van der Waals surface area contributed by atoms with E-state index in [0.29, 0.717) is 29.3 Å². The fraction of sp³-hybridized carbons (Fsp3) is 0.133. The summed E-state index contributed by atoms with van der Waals surface area (Å²) in [5.41, 5.74) is -6.01. The summed E-state index contributed by atoms with van der Waals surface area (Å²) in [5, 5.41) is 15.9. The van der Waals surface area contributed by atoms with Crippen LogP contribution < -0.4 is 5.32 Å². The monoisotopic (exact) mass is 635 g/mol. The molecular weight excluding hydrogens is 617 g/mol. The SMILES string of the molecule is O=C(N[C@@](Cc1ccc(-c2nn[nH]n2)cc1)(c1cccc(F)c1)c1ccc(F)c(C(F)(F)F)c1)c1ccc(F)c(C(F)(F)F)c1. The minimum Gasteiger partial charge on any atom is -0.338 e. The number of hydrogen-bond acceptors (Lipinski definition) is 4. The molecule has 1 heterocycles. The van der Waals surface area contributed by atoms with E-state index in [4.69, 9.17) is 0 Å². The van der Waals surface area contributed by atoms with Crippen molar-refractivity contribution in [3.05, 3.63) is 136 Å². The summed E-state index contributed by atoms with van der Waals surface area (Å²) in [7, 11) is 0. The highest BCUT2D eigenvalue weighted by Crippen LogP contribution is 2.40. The maximum absolute atomic E-state index is 14.6. The van der Waals surface area contributed by atoms with E-state index in [0.717, 1.165) is 24.3 Å². The van der Waals surface area contributed by atoms with Gasteiger partial charge < -0.3 is 5.32 Å². The summed E-state index contributed by atoms with van der Waals surface area (Å²) in [6.07, 6.45) is -10.8. The molecule has 5 aromatic rings. The molecule has 0 saturated heterocycles. The summed E-state index contributed by atoms with van der Waals surface area (Å²) in [6.45, 7) is 0. The van der Waals surface area contributed by atoms with Crippen LogP contribution in [0.5, 0.6) is 0 Å². The largest absolute Gasteiger partial charge is 0.419 e. The third-order valence-corrected chi connectivity index (χ3v) is 6.97. The van der Waals surface area contributed by atoms with E-state index in [2.05, 4.69) is 25.9 Å². The number of alkyl halides is 6. The van der Waals surface area contributed by atoms with Crippen molar-refractivity contribution in [2.24, 2.45) is 0 Å². The quantitative estimate of drug-likeness (QED) is 0.185. The molecule has 15 heteroatoms. The summed E-state index contributed by atoms with van der Waals surface area (Å²) < 4.78 is 125. The summed E-state index contributed by atoms with van der Waals surface area (Å²) in [5.74, 6) is -5.23. The standard InChI is InChI=1S/C30H18F9N5O/c31-21-3-1-2-19(13-21)28(20-9-11-25(33)23(14-20)30(37,38)39,15-16-4-6-17(7-5-16)26-41-43-44-42-26)40-27(45)18-8-10-24(32)22(12-18)29(34,35)36/h1-14H,15H2,(H,40,45)(H,41,42,43,44)/t28-/m0/s1. The van der Waals surface area contributed by atoms with Crippen LogP contribution in [0.2, 0.25) is 0 Å². The van der Waals surface area contributed by atoms with E-state index in [1.807, 2.05) is 0 Å². The van der Waals surface area contributed by atoms with E-state index >= 15 is 0 Å². The number of benzene rings is 4. The average molecular weight is 635 g/mol. The molecule has 0 saturated carbocycles. The van der Waals surface area contributed by atoms with Gasteiger partial charge in [0.25, 0.3) is 5.91 Å². The highest BCUT2D eigenvalue weighted by atomic mass is 19.4. The van der Waals surface area contributed by atoms with Crippen molar-refractivity contribution in [2.75, 3.05) is 0 Å². The highest BCUT2D eigenvalue weighted by molar-refractivity contribution is 5.95. The van der Waals surface area contributed by atoms with Crippen molar-refractivity contribution in [3.8, 4) is 11.4 Å². The molecule has 0 fully saturated rings. The van der Waals surface area contributed by atoms with Crippen LogP contribution in [0.25, 0.3) is 11.4 Å². The Morgan fingerprint density at radius 2 is 1.36 bits per heavy atom.